The zero-order chi connectivity index (χ0) is 28.2. The molecule has 2 aliphatic heterocycles. The van der Waals surface area contributed by atoms with Gasteiger partial charge in [0.15, 0.2) is 17.3 Å². The quantitative estimate of drug-likeness (QED) is 0.306. The number of aromatic nitrogens is 1. The number of anilines is 1. The minimum atomic E-state index is -1.55. The topological polar surface area (TPSA) is 153 Å². The Hall–Kier alpha value is -4.65. The molecule has 200 valence electrons. The van der Waals surface area contributed by atoms with Crippen LogP contribution in [0.3, 0.4) is 0 Å². The lowest BCUT2D eigenvalue weighted by atomic mass is 9.70. The molecule has 0 radical (unpaired) electrons. The fourth-order valence-corrected chi connectivity index (χ4v) is 5.71. The van der Waals surface area contributed by atoms with Gasteiger partial charge in [-0.25, -0.2) is 4.98 Å². The molecule has 2 aromatic rings. The molecule has 1 aliphatic carbocycles. The summed E-state index contributed by atoms with van der Waals surface area (Å²) < 4.78 is 5.82. The summed E-state index contributed by atoms with van der Waals surface area (Å²) in [7, 11) is 0. The Morgan fingerprint density at radius 1 is 1.23 bits per heavy atom. The summed E-state index contributed by atoms with van der Waals surface area (Å²) in [4.78, 5) is 45.9. The molecule has 1 saturated heterocycles. The van der Waals surface area contributed by atoms with Crippen molar-refractivity contribution in [2.24, 2.45) is 0 Å². The van der Waals surface area contributed by atoms with Gasteiger partial charge in [-0.15, -0.1) is 0 Å². The Bertz CT molecular complexity index is 1560. The van der Waals surface area contributed by atoms with Crippen LogP contribution in [0.25, 0.3) is 0 Å². The average Bonchev–Trinajstić information content (AvgIpc) is 3.20. The van der Waals surface area contributed by atoms with Gasteiger partial charge in [-0.1, -0.05) is 0 Å². The van der Waals surface area contributed by atoms with Crippen LogP contribution >= 0.6 is 0 Å². The van der Waals surface area contributed by atoms with Gasteiger partial charge in [-0.05, 0) is 52.7 Å². The number of pyridine rings is 1. The standard InChI is InChI=1S/C29H28N4O6/c1-14-24(36)22(16(3)34)26-23(25(14)37)29(4)20(39-26)12-19(35)21(27(29)38)15(2)32-18-7-10-33(11-8-18)28-17(13-30)6-5-9-31-28/h5-6,9,12,18,32,36-37H,7-8,10-11H2,1-4H3/b21-15+/t29-/m0/s1. The molecular formula is C29H28N4O6. The summed E-state index contributed by atoms with van der Waals surface area (Å²) in [5.74, 6) is -1.85. The maximum absolute atomic E-state index is 14.0. The molecule has 3 aliphatic rings. The number of piperidine rings is 1. The lowest BCUT2D eigenvalue weighted by Crippen LogP contribution is -2.45. The van der Waals surface area contributed by atoms with E-state index in [0.29, 0.717) is 43.0 Å². The van der Waals surface area contributed by atoms with Crippen molar-refractivity contribution in [1.29, 1.82) is 5.26 Å². The second kappa shape index (κ2) is 9.27. The maximum Gasteiger partial charge on any atom is 0.194 e. The van der Waals surface area contributed by atoms with Crippen LogP contribution in [0.1, 0.15) is 60.7 Å². The number of carbonyl (C=O) groups is 3. The third kappa shape index (κ3) is 3.84. The number of aromatic hydroxyl groups is 2. The van der Waals surface area contributed by atoms with Crippen molar-refractivity contribution < 1.29 is 29.3 Å². The number of benzene rings is 1. The summed E-state index contributed by atoms with van der Waals surface area (Å²) >= 11 is 0. The van der Waals surface area contributed by atoms with E-state index in [4.69, 9.17) is 4.74 Å². The Balaban J connectivity index is 1.45. The van der Waals surface area contributed by atoms with Gasteiger partial charge in [-0.3, -0.25) is 14.4 Å². The molecular weight excluding hydrogens is 500 g/mol. The highest BCUT2D eigenvalue weighted by atomic mass is 16.5. The number of phenols is 2. The van der Waals surface area contributed by atoms with Gasteiger partial charge in [0.25, 0.3) is 0 Å². The first-order valence-corrected chi connectivity index (χ1v) is 12.7. The lowest BCUT2D eigenvalue weighted by Gasteiger charge is -2.35. The van der Waals surface area contributed by atoms with Crippen molar-refractivity contribution in [3.63, 3.8) is 0 Å². The van der Waals surface area contributed by atoms with E-state index in [2.05, 4.69) is 16.4 Å². The van der Waals surface area contributed by atoms with Crippen molar-refractivity contribution in [2.75, 3.05) is 18.0 Å². The lowest BCUT2D eigenvalue weighted by molar-refractivity contribution is -0.123. The van der Waals surface area contributed by atoms with Gasteiger partial charge in [0.05, 0.1) is 16.7 Å². The predicted octanol–water partition coefficient (Wildman–Crippen LogP) is 3.09. The molecule has 1 fully saturated rings. The molecule has 5 rings (SSSR count). The van der Waals surface area contributed by atoms with Crippen molar-refractivity contribution in [1.82, 2.24) is 10.3 Å². The van der Waals surface area contributed by atoms with Crippen molar-refractivity contribution in [2.45, 2.75) is 52.0 Å². The number of Topliss-reactive ketones (excluding diaryl/α,β-unsaturated/α-hetero) is 2. The third-order valence-electron chi connectivity index (χ3n) is 7.88. The van der Waals surface area contributed by atoms with Crippen LogP contribution in [0.4, 0.5) is 5.82 Å². The number of allylic oxidation sites excluding steroid dienone is 4. The minimum Gasteiger partial charge on any atom is -0.507 e. The van der Waals surface area contributed by atoms with Gasteiger partial charge in [0.2, 0.25) is 0 Å². The number of hydrogen-bond acceptors (Lipinski definition) is 10. The van der Waals surface area contributed by atoms with Gasteiger partial charge in [0.1, 0.15) is 45.9 Å². The molecule has 0 spiro atoms. The predicted molar refractivity (Wildman–Crippen MR) is 141 cm³/mol. The van der Waals surface area contributed by atoms with Crippen molar-refractivity contribution in [3.8, 4) is 23.3 Å². The molecule has 0 bridgehead atoms. The van der Waals surface area contributed by atoms with Gasteiger partial charge >= 0.3 is 0 Å². The molecule has 0 saturated carbocycles. The number of nitriles is 1. The van der Waals surface area contributed by atoms with Crippen molar-refractivity contribution in [3.05, 3.63) is 63.7 Å². The van der Waals surface area contributed by atoms with Crippen molar-refractivity contribution >= 4 is 23.2 Å². The molecule has 0 unspecified atom stereocenters. The summed E-state index contributed by atoms with van der Waals surface area (Å²) in [5.41, 5.74) is -0.711. The van der Waals surface area contributed by atoms with Gasteiger partial charge in [0, 0.05) is 42.7 Å². The van der Waals surface area contributed by atoms with Crippen LogP contribution < -0.4 is 15.0 Å². The van der Waals surface area contributed by atoms with E-state index < -0.39 is 28.5 Å². The average molecular weight is 529 g/mol. The van der Waals surface area contributed by atoms with E-state index in [-0.39, 0.29) is 45.6 Å². The van der Waals surface area contributed by atoms with Crippen LogP contribution in [-0.4, -0.2) is 51.7 Å². The number of ether oxygens (including phenoxy) is 1. The molecule has 39 heavy (non-hydrogen) atoms. The molecule has 3 heterocycles. The third-order valence-corrected chi connectivity index (χ3v) is 7.88. The van der Waals surface area contributed by atoms with E-state index in [1.807, 2.05) is 4.90 Å². The molecule has 1 aromatic heterocycles. The van der Waals surface area contributed by atoms with Gasteiger partial charge in [-0.2, -0.15) is 5.26 Å². The summed E-state index contributed by atoms with van der Waals surface area (Å²) in [5, 5.41) is 34.2. The van der Waals surface area contributed by atoms with E-state index in [1.165, 1.54) is 19.9 Å². The van der Waals surface area contributed by atoms with E-state index >= 15 is 0 Å². The molecule has 1 atom stereocenters. The molecule has 1 aromatic carbocycles. The van der Waals surface area contributed by atoms with E-state index in [0.717, 1.165) is 0 Å². The zero-order valence-electron chi connectivity index (χ0n) is 22.1. The molecule has 10 heteroatoms. The largest absolute Gasteiger partial charge is 0.507 e. The number of nitrogens with one attached hydrogen (secondary N) is 1. The Kier molecular flexibility index (Phi) is 6.18. The van der Waals surface area contributed by atoms with Crippen LogP contribution in [-0.2, 0) is 15.0 Å². The Morgan fingerprint density at radius 2 is 1.92 bits per heavy atom. The van der Waals surface area contributed by atoms with E-state index in [1.54, 1.807) is 32.2 Å². The van der Waals surface area contributed by atoms with Crippen LogP contribution in [0.15, 0.2) is 41.4 Å². The van der Waals surface area contributed by atoms with Gasteiger partial charge < -0.3 is 25.2 Å². The molecule has 10 nitrogen and oxygen atoms in total. The molecule has 0 amide bonds. The van der Waals surface area contributed by atoms with Crippen LogP contribution in [0.5, 0.6) is 17.2 Å². The summed E-state index contributed by atoms with van der Waals surface area (Å²) in [6, 6.07) is 5.60. The fourth-order valence-electron chi connectivity index (χ4n) is 5.71. The second-order valence-corrected chi connectivity index (χ2v) is 10.3. The highest BCUT2D eigenvalue weighted by Gasteiger charge is 2.56. The fraction of sp³-hybridized carbons (Fsp3) is 0.345. The summed E-state index contributed by atoms with van der Waals surface area (Å²) in [6.45, 7) is 7.20. The minimum absolute atomic E-state index is 0.00353. The number of rotatable bonds is 4. The normalized spacial score (nSPS) is 21.9. The number of hydrogen-bond donors (Lipinski definition) is 3. The maximum atomic E-state index is 14.0. The highest BCUT2D eigenvalue weighted by Crippen LogP contribution is 2.57. The van der Waals surface area contributed by atoms with Crippen LogP contribution in [0.2, 0.25) is 0 Å². The Morgan fingerprint density at radius 3 is 2.56 bits per heavy atom. The number of nitrogens with zero attached hydrogens (tertiary/aromatic N) is 3. The monoisotopic (exact) mass is 528 g/mol. The Labute approximate surface area is 225 Å². The zero-order valence-corrected chi connectivity index (χ0v) is 22.1. The van der Waals surface area contributed by atoms with E-state index in [9.17, 15) is 29.9 Å². The van der Waals surface area contributed by atoms with Crippen LogP contribution in [0, 0.1) is 18.3 Å². The highest BCUT2D eigenvalue weighted by molar-refractivity contribution is 6.31. The SMILES string of the molecule is CC(=O)c1c(O)c(C)c(O)c2c1OC1=CC(=O)/C(=C(/C)NC3CCN(c4ncccc4C#N)CC3)C(=O)[C@@]12C. The first-order valence-electron chi connectivity index (χ1n) is 12.7. The first kappa shape index (κ1) is 26.0. The smallest absolute Gasteiger partial charge is 0.194 e. The number of carbonyl (C=O) groups excluding carboxylic acids is 3. The molecule has 3 N–H and O–H groups in total. The number of phenolic OH excluding ortho intramolecular Hbond substituents is 2. The number of ketones is 3. The number of fused-ring (bicyclic) bond motifs is 3. The summed E-state index contributed by atoms with van der Waals surface area (Å²) in [6.07, 6.45) is 4.26. The first-order chi connectivity index (χ1) is 18.5. The second-order valence-electron chi connectivity index (χ2n) is 10.3.